The molecule has 78 valence electrons. The SMILES string of the molecule is CCOC(=O)C#Cc1ccc(NN)cc1. The van der Waals surface area contributed by atoms with E-state index in [0.29, 0.717) is 6.61 Å². The number of esters is 1. The molecule has 0 unspecified atom stereocenters. The van der Waals surface area contributed by atoms with Gasteiger partial charge >= 0.3 is 5.97 Å². The van der Waals surface area contributed by atoms with E-state index >= 15 is 0 Å². The van der Waals surface area contributed by atoms with E-state index in [4.69, 9.17) is 5.84 Å². The van der Waals surface area contributed by atoms with Crippen LogP contribution in [0.25, 0.3) is 0 Å². The van der Waals surface area contributed by atoms with E-state index in [2.05, 4.69) is 22.0 Å². The molecule has 0 heterocycles. The number of nitrogen functional groups attached to an aromatic ring is 1. The van der Waals surface area contributed by atoms with E-state index in [0.717, 1.165) is 11.3 Å². The van der Waals surface area contributed by atoms with Crippen molar-refractivity contribution in [2.24, 2.45) is 5.84 Å². The standard InChI is InChI=1S/C11H12N2O2/c1-2-15-11(14)8-5-9-3-6-10(13-12)7-4-9/h3-4,6-7,13H,2,12H2,1H3. The summed E-state index contributed by atoms with van der Waals surface area (Å²) in [5.74, 6) is 9.75. The Morgan fingerprint density at radius 1 is 1.47 bits per heavy atom. The largest absolute Gasteiger partial charge is 0.456 e. The van der Waals surface area contributed by atoms with Crippen LogP contribution in [0.4, 0.5) is 5.69 Å². The van der Waals surface area contributed by atoms with Crippen LogP contribution in [0.5, 0.6) is 0 Å². The lowest BCUT2D eigenvalue weighted by atomic mass is 10.2. The maximum atomic E-state index is 10.9. The van der Waals surface area contributed by atoms with Crippen molar-refractivity contribution in [2.75, 3.05) is 12.0 Å². The summed E-state index contributed by atoms with van der Waals surface area (Å²) in [4.78, 5) is 10.9. The van der Waals surface area contributed by atoms with Crippen molar-refractivity contribution < 1.29 is 9.53 Å². The van der Waals surface area contributed by atoms with Crippen LogP contribution in [0.1, 0.15) is 12.5 Å². The number of carbonyl (C=O) groups is 1. The van der Waals surface area contributed by atoms with Gasteiger partial charge in [-0.15, -0.1) is 0 Å². The fourth-order valence-electron chi connectivity index (χ4n) is 0.940. The Kier molecular flexibility index (Phi) is 4.20. The molecular weight excluding hydrogens is 192 g/mol. The zero-order valence-electron chi connectivity index (χ0n) is 8.41. The molecule has 0 aliphatic heterocycles. The average Bonchev–Trinajstić information content (AvgIpc) is 2.27. The van der Waals surface area contributed by atoms with Crippen molar-refractivity contribution in [3.05, 3.63) is 29.8 Å². The summed E-state index contributed by atoms with van der Waals surface area (Å²) in [6, 6.07) is 7.08. The van der Waals surface area contributed by atoms with E-state index < -0.39 is 5.97 Å². The summed E-state index contributed by atoms with van der Waals surface area (Å²) in [5.41, 5.74) is 4.03. The lowest BCUT2D eigenvalue weighted by Gasteiger charge is -1.97. The van der Waals surface area contributed by atoms with Crippen LogP contribution in [-0.2, 0) is 9.53 Å². The number of nitrogens with one attached hydrogen (secondary N) is 1. The minimum atomic E-state index is -0.515. The number of carbonyl (C=O) groups excluding carboxylic acids is 1. The van der Waals surface area contributed by atoms with Gasteiger partial charge in [-0.05, 0) is 31.2 Å². The first-order valence-corrected chi connectivity index (χ1v) is 4.51. The van der Waals surface area contributed by atoms with E-state index in [1.54, 1.807) is 31.2 Å². The highest BCUT2D eigenvalue weighted by molar-refractivity contribution is 5.89. The molecule has 4 nitrogen and oxygen atoms in total. The molecule has 1 aromatic rings. The fraction of sp³-hybridized carbons (Fsp3) is 0.182. The fourth-order valence-corrected chi connectivity index (χ4v) is 0.940. The number of hydrogen-bond donors (Lipinski definition) is 2. The number of benzene rings is 1. The third-order valence-corrected chi connectivity index (χ3v) is 1.64. The first-order chi connectivity index (χ1) is 7.26. The molecular formula is C11H12N2O2. The second kappa shape index (κ2) is 5.68. The van der Waals surface area contributed by atoms with Gasteiger partial charge in [0.2, 0.25) is 0 Å². The van der Waals surface area contributed by atoms with Gasteiger partial charge < -0.3 is 10.2 Å². The van der Waals surface area contributed by atoms with E-state index in [-0.39, 0.29) is 0 Å². The molecule has 0 amide bonds. The maximum absolute atomic E-state index is 10.9. The Labute approximate surface area is 88.4 Å². The topological polar surface area (TPSA) is 64.3 Å². The molecule has 15 heavy (non-hydrogen) atoms. The summed E-state index contributed by atoms with van der Waals surface area (Å²) in [7, 11) is 0. The second-order valence-electron chi connectivity index (χ2n) is 2.69. The van der Waals surface area contributed by atoms with Crippen molar-refractivity contribution in [1.82, 2.24) is 0 Å². The van der Waals surface area contributed by atoms with Crippen molar-refractivity contribution in [3.8, 4) is 11.8 Å². The van der Waals surface area contributed by atoms with Crippen LogP contribution in [-0.4, -0.2) is 12.6 Å². The number of ether oxygens (including phenoxy) is 1. The third kappa shape index (κ3) is 3.71. The molecule has 0 fully saturated rings. The van der Waals surface area contributed by atoms with Crippen LogP contribution in [0, 0.1) is 11.8 Å². The third-order valence-electron chi connectivity index (χ3n) is 1.64. The second-order valence-corrected chi connectivity index (χ2v) is 2.69. The monoisotopic (exact) mass is 204 g/mol. The van der Waals surface area contributed by atoms with Crippen LogP contribution in [0.3, 0.4) is 0 Å². The van der Waals surface area contributed by atoms with Gasteiger partial charge in [0.15, 0.2) is 0 Å². The van der Waals surface area contributed by atoms with Crippen molar-refractivity contribution in [2.45, 2.75) is 6.92 Å². The highest BCUT2D eigenvalue weighted by atomic mass is 16.5. The lowest BCUT2D eigenvalue weighted by molar-refractivity contribution is -0.136. The molecule has 0 aliphatic rings. The molecule has 1 aromatic carbocycles. The molecule has 0 aromatic heterocycles. The van der Waals surface area contributed by atoms with Gasteiger partial charge in [0.1, 0.15) is 0 Å². The van der Waals surface area contributed by atoms with Crippen LogP contribution < -0.4 is 11.3 Å². The zero-order chi connectivity index (χ0) is 11.1. The van der Waals surface area contributed by atoms with Crippen molar-refractivity contribution in [3.63, 3.8) is 0 Å². The molecule has 0 radical (unpaired) electrons. The summed E-state index contributed by atoms with van der Waals surface area (Å²) < 4.78 is 4.66. The lowest BCUT2D eigenvalue weighted by Crippen LogP contribution is -2.06. The normalized spacial score (nSPS) is 8.67. The quantitative estimate of drug-likeness (QED) is 0.325. The minimum Gasteiger partial charge on any atom is -0.456 e. The molecule has 4 heteroatoms. The van der Waals surface area contributed by atoms with Crippen molar-refractivity contribution >= 4 is 11.7 Å². The number of rotatable bonds is 2. The highest BCUT2D eigenvalue weighted by Crippen LogP contribution is 2.06. The summed E-state index contributed by atoms with van der Waals surface area (Å²) in [6.07, 6.45) is 0. The molecule has 1 rings (SSSR count). The van der Waals surface area contributed by atoms with E-state index in [1.165, 1.54) is 0 Å². The summed E-state index contributed by atoms with van der Waals surface area (Å²) in [6.45, 7) is 2.07. The number of anilines is 1. The van der Waals surface area contributed by atoms with Gasteiger partial charge in [-0.1, -0.05) is 5.92 Å². The molecule has 0 aliphatic carbocycles. The Morgan fingerprint density at radius 2 is 2.13 bits per heavy atom. The Hall–Kier alpha value is -1.99. The van der Waals surface area contributed by atoms with E-state index in [1.807, 2.05) is 0 Å². The van der Waals surface area contributed by atoms with Crippen LogP contribution in [0.2, 0.25) is 0 Å². The molecule has 0 saturated heterocycles. The Morgan fingerprint density at radius 3 is 2.67 bits per heavy atom. The highest BCUT2D eigenvalue weighted by Gasteiger charge is 1.93. The number of hydrogen-bond acceptors (Lipinski definition) is 4. The smallest absolute Gasteiger partial charge is 0.384 e. The number of nitrogens with two attached hydrogens (primary N) is 1. The molecule has 3 N–H and O–H groups in total. The maximum Gasteiger partial charge on any atom is 0.384 e. The predicted octanol–water partition coefficient (Wildman–Crippen LogP) is 0.887. The number of hydrazine groups is 1. The van der Waals surface area contributed by atoms with Gasteiger partial charge in [-0.2, -0.15) is 0 Å². The minimum absolute atomic E-state index is 0.337. The van der Waals surface area contributed by atoms with E-state index in [9.17, 15) is 4.79 Å². The average molecular weight is 204 g/mol. The van der Waals surface area contributed by atoms with Crippen LogP contribution in [0.15, 0.2) is 24.3 Å². The van der Waals surface area contributed by atoms with Gasteiger partial charge in [0.05, 0.1) is 6.61 Å². The molecule has 0 spiro atoms. The first-order valence-electron chi connectivity index (χ1n) is 4.51. The van der Waals surface area contributed by atoms with Gasteiger partial charge in [0.25, 0.3) is 0 Å². The first kappa shape index (κ1) is 11.1. The Bertz CT molecular complexity index is 387. The van der Waals surface area contributed by atoms with Crippen LogP contribution >= 0.6 is 0 Å². The molecule has 0 saturated carbocycles. The van der Waals surface area contributed by atoms with Gasteiger partial charge in [-0.3, -0.25) is 5.84 Å². The summed E-state index contributed by atoms with van der Waals surface area (Å²) >= 11 is 0. The zero-order valence-corrected chi connectivity index (χ0v) is 8.41. The van der Waals surface area contributed by atoms with Crippen molar-refractivity contribution in [1.29, 1.82) is 0 Å². The van der Waals surface area contributed by atoms with Gasteiger partial charge in [0, 0.05) is 17.2 Å². The molecule has 0 bridgehead atoms. The predicted molar refractivity (Wildman–Crippen MR) is 57.8 cm³/mol. The summed E-state index contributed by atoms with van der Waals surface area (Å²) in [5, 5.41) is 0. The molecule has 0 atom stereocenters. The Balaban J connectivity index is 2.68. The van der Waals surface area contributed by atoms with Gasteiger partial charge in [-0.25, -0.2) is 4.79 Å².